The second-order valence-electron chi connectivity index (χ2n) is 5.61. The van der Waals surface area contributed by atoms with E-state index in [1.54, 1.807) is 0 Å². The third-order valence-electron chi connectivity index (χ3n) is 4.30. The van der Waals surface area contributed by atoms with Gasteiger partial charge in [0.2, 0.25) is 5.88 Å². The van der Waals surface area contributed by atoms with E-state index in [-0.39, 0.29) is 11.4 Å². The molecule has 0 aliphatic heterocycles. The smallest absolute Gasteiger partial charge is 0.257 e. The Hall–Kier alpha value is -1.32. The molecule has 0 spiro atoms. The van der Waals surface area contributed by atoms with E-state index in [0.717, 1.165) is 18.8 Å². The molecular weight excluding hydrogens is 240 g/mol. The molecule has 0 bridgehead atoms. The lowest BCUT2D eigenvalue weighted by molar-refractivity contribution is 0.300. The molecule has 2 rings (SSSR count). The molecule has 2 N–H and O–H groups in total. The van der Waals surface area contributed by atoms with Crippen LogP contribution in [0.15, 0.2) is 4.79 Å². The molecule has 19 heavy (non-hydrogen) atoms. The Labute approximate surface area is 114 Å². The Morgan fingerprint density at radius 3 is 2.47 bits per heavy atom. The average Bonchev–Trinajstić information content (AvgIpc) is 2.39. The highest BCUT2D eigenvalue weighted by atomic mass is 16.3. The van der Waals surface area contributed by atoms with Crippen molar-refractivity contribution in [2.45, 2.75) is 64.7 Å². The van der Waals surface area contributed by atoms with E-state index in [9.17, 15) is 9.90 Å². The highest BCUT2D eigenvalue weighted by Gasteiger charge is 2.24. The quantitative estimate of drug-likeness (QED) is 0.878. The highest BCUT2D eigenvalue weighted by Crippen LogP contribution is 2.36. The minimum Gasteiger partial charge on any atom is -0.493 e. The number of aromatic nitrogens is 2. The van der Waals surface area contributed by atoms with Gasteiger partial charge in [0.1, 0.15) is 5.82 Å². The molecule has 0 aromatic carbocycles. The first-order valence-electron chi connectivity index (χ1n) is 7.47. The lowest BCUT2D eigenvalue weighted by Gasteiger charge is -2.27. The molecule has 0 atom stereocenters. The van der Waals surface area contributed by atoms with Crippen molar-refractivity contribution < 1.29 is 5.11 Å². The standard InChI is InChI=1S/C15H24N2O2/c1-3-5-10-6-8-11(9-7-10)13-16-14(18)12(4-2)15(19)17-13/h10-11H,3-9H2,1-2H3,(H2,16,17,18,19). The van der Waals surface area contributed by atoms with Gasteiger partial charge >= 0.3 is 0 Å². The Balaban J connectivity index is 2.10. The first-order chi connectivity index (χ1) is 9.15. The van der Waals surface area contributed by atoms with Gasteiger partial charge in [0.15, 0.2) is 0 Å². The SMILES string of the molecule is CCCC1CCC(c2nc(O)c(CC)c(=O)[nH]2)CC1. The maximum Gasteiger partial charge on any atom is 0.257 e. The topological polar surface area (TPSA) is 66.0 Å². The van der Waals surface area contributed by atoms with E-state index < -0.39 is 0 Å². The van der Waals surface area contributed by atoms with Crippen molar-refractivity contribution in [2.75, 3.05) is 0 Å². The Kier molecular flexibility index (Phi) is 4.61. The summed E-state index contributed by atoms with van der Waals surface area (Å²) in [5.41, 5.74) is 0.212. The van der Waals surface area contributed by atoms with Crippen molar-refractivity contribution in [1.82, 2.24) is 9.97 Å². The molecule has 1 aliphatic rings. The normalized spacial score (nSPS) is 23.5. The van der Waals surface area contributed by atoms with Gasteiger partial charge in [-0.3, -0.25) is 4.79 Å². The molecule has 1 aliphatic carbocycles. The molecule has 0 radical (unpaired) electrons. The number of aromatic amines is 1. The molecule has 1 aromatic rings. The van der Waals surface area contributed by atoms with Crippen LogP contribution < -0.4 is 5.56 Å². The van der Waals surface area contributed by atoms with E-state index in [1.165, 1.54) is 25.7 Å². The van der Waals surface area contributed by atoms with Crippen molar-refractivity contribution in [3.8, 4) is 5.88 Å². The molecule has 4 heteroatoms. The van der Waals surface area contributed by atoms with Gasteiger partial charge in [-0.15, -0.1) is 0 Å². The minimum absolute atomic E-state index is 0.0862. The third-order valence-corrected chi connectivity index (χ3v) is 4.30. The molecule has 1 heterocycles. The first kappa shape index (κ1) is 14.1. The monoisotopic (exact) mass is 264 g/mol. The van der Waals surface area contributed by atoms with Gasteiger partial charge in [-0.25, -0.2) is 0 Å². The molecular formula is C15H24N2O2. The van der Waals surface area contributed by atoms with Gasteiger partial charge in [0, 0.05) is 5.92 Å². The van der Waals surface area contributed by atoms with Crippen LogP contribution in [0.2, 0.25) is 0 Å². The van der Waals surface area contributed by atoms with Crippen LogP contribution in [-0.4, -0.2) is 15.1 Å². The minimum atomic E-state index is -0.180. The number of aromatic hydroxyl groups is 1. The number of rotatable bonds is 4. The maximum absolute atomic E-state index is 11.8. The van der Waals surface area contributed by atoms with Gasteiger partial charge in [0.05, 0.1) is 5.56 Å². The lowest BCUT2D eigenvalue weighted by atomic mass is 9.80. The average molecular weight is 264 g/mol. The summed E-state index contributed by atoms with van der Waals surface area (Å²) in [5, 5.41) is 9.81. The molecule has 0 saturated heterocycles. The van der Waals surface area contributed by atoms with E-state index >= 15 is 0 Å². The van der Waals surface area contributed by atoms with Crippen LogP contribution in [0.4, 0.5) is 0 Å². The summed E-state index contributed by atoms with van der Waals surface area (Å²) in [7, 11) is 0. The van der Waals surface area contributed by atoms with Crippen molar-refractivity contribution in [3.05, 3.63) is 21.7 Å². The van der Waals surface area contributed by atoms with Gasteiger partial charge < -0.3 is 10.1 Å². The predicted molar refractivity (Wildman–Crippen MR) is 75.5 cm³/mol. The van der Waals surface area contributed by atoms with Crippen LogP contribution in [0, 0.1) is 5.92 Å². The zero-order chi connectivity index (χ0) is 13.8. The Bertz CT molecular complexity index is 474. The summed E-state index contributed by atoms with van der Waals surface area (Å²) in [6.07, 6.45) is 7.61. The largest absolute Gasteiger partial charge is 0.493 e. The number of H-pyrrole nitrogens is 1. The fourth-order valence-electron chi connectivity index (χ4n) is 3.15. The molecule has 1 aromatic heterocycles. The van der Waals surface area contributed by atoms with Crippen LogP contribution in [0.1, 0.15) is 69.7 Å². The van der Waals surface area contributed by atoms with E-state index in [4.69, 9.17) is 0 Å². The second-order valence-corrected chi connectivity index (χ2v) is 5.61. The lowest BCUT2D eigenvalue weighted by Crippen LogP contribution is -2.21. The summed E-state index contributed by atoms with van der Waals surface area (Å²) in [4.78, 5) is 18.9. The summed E-state index contributed by atoms with van der Waals surface area (Å²) < 4.78 is 0. The number of nitrogens with one attached hydrogen (secondary N) is 1. The fraction of sp³-hybridized carbons (Fsp3) is 0.733. The zero-order valence-electron chi connectivity index (χ0n) is 11.9. The third kappa shape index (κ3) is 3.17. The molecule has 0 unspecified atom stereocenters. The van der Waals surface area contributed by atoms with E-state index in [2.05, 4.69) is 16.9 Å². The van der Waals surface area contributed by atoms with Crippen molar-refractivity contribution >= 4 is 0 Å². The summed E-state index contributed by atoms with van der Waals surface area (Å²) in [6.45, 7) is 4.08. The maximum atomic E-state index is 11.8. The Morgan fingerprint density at radius 2 is 1.95 bits per heavy atom. The molecule has 4 nitrogen and oxygen atoms in total. The highest BCUT2D eigenvalue weighted by molar-refractivity contribution is 5.23. The predicted octanol–water partition coefficient (Wildman–Crippen LogP) is 3.11. The number of nitrogens with zero attached hydrogens (tertiary/aromatic N) is 1. The van der Waals surface area contributed by atoms with Crippen molar-refractivity contribution in [2.24, 2.45) is 5.92 Å². The molecule has 1 saturated carbocycles. The number of hydrogen-bond donors (Lipinski definition) is 2. The first-order valence-corrected chi connectivity index (χ1v) is 7.47. The van der Waals surface area contributed by atoms with Gasteiger partial charge in [-0.2, -0.15) is 4.98 Å². The van der Waals surface area contributed by atoms with Crippen LogP contribution in [0.5, 0.6) is 5.88 Å². The summed E-state index contributed by atoms with van der Waals surface area (Å²) in [6, 6.07) is 0. The van der Waals surface area contributed by atoms with Gasteiger partial charge in [0.25, 0.3) is 5.56 Å². The van der Waals surface area contributed by atoms with Crippen molar-refractivity contribution in [3.63, 3.8) is 0 Å². The van der Waals surface area contributed by atoms with E-state index in [1.807, 2.05) is 6.92 Å². The summed E-state index contributed by atoms with van der Waals surface area (Å²) >= 11 is 0. The fourth-order valence-corrected chi connectivity index (χ4v) is 3.15. The zero-order valence-corrected chi connectivity index (χ0v) is 11.9. The number of hydrogen-bond acceptors (Lipinski definition) is 3. The van der Waals surface area contributed by atoms with Gasteiger partial charge in [-0.05, 0) is 38.0 Å². The van der Waals surface area contributed by atoms with Crippen LogP contribution >= 0.6 is 0 Å². The van der Waals surface area contributed by atoms with Gasteiger partial charge in [-0.1, -0.05) is 26.7 Å². The molecule has 1 fully saturated rings. The second kappa shape index (κ2) is 6.22. The Morgan fingerprint density at radius 1 is 1.26 bits per heavy atom. The van der Waals surface area contributed by atoms with Crippen molar-refractivity contribution in [1.29, 1.82) is 0 Å². The van der Waals surface area contributed by atoms with Crippen LogP contribution in [0.3, 0.4) is 0 Å². The summed E-state index contributed by atoms with van der Waals surface area (Å²) in [5.74, 6) is 1.72. The van der Waals surface area contributed by atoms with Crippen LogP contribution in [0.25, 0.3) is 0 Å². The molecule has 106 valence electrons. The van der Waals surface area contributed by atoms with E-state index in [0.29, 0.717) is 23.7 Å². The molecule has 0 amide bonds. The van der Waals surface area contributed by atoms with Crippen LogP contribution in [-0.2, 0) is 6.42 Å².